The minimum absolute atomic E-state index is 0.253. The van der Waals surface area contributed by atoms with Crippen molar-refractivity contribution in [3.63, 3.8) is 0 Å². The maximum absolute atomic E-state index is 12.6. The maximum atomic E-state index is 12.6. The second-order valence-electron chi connectivity index (χ2n) is 7.00. The molecule has 0 atom stereocenters. The zero-order chi connectivity index (χ0) is 20.8. The lowest BCUT2D eigenvalue weighted by Gasteiger charge is -2.10. The van der Waals surface area contributed by atoms with Gasteiger partial charge in [0.15, 0.2) is 0 Å². The molecule has 0 bridgehead atoms. The first-order chi connectivity index (χ1) is 13.9. The molecule has 2 N–H and O–H groups in total. The van der Waals surface area contributed by atoms with Gasteiger partial charge in [-0.3, -0.25) is 4.79 Å². The van der Waals surface area contributed by atoms with Crippen molar-refractivity contribution in [2.24, 2.45) is 0 Å². The van der Waals surface area contributed by atoms with Crippen molar-refractivity contribution in [3.05, 3.63) is 76.6 Å². The first-order valence-electron chi connectivity index (χ1n) is 9.55. The molecule has 3 rings (SSSR count). The number of carbonyl (C=O) groups is 1. The Labute approximate surface area is 171 Å². The Bertz CT molecular complexity index is 1000. The van der Waals surface area contributed by atoms with Gasteiger partial charge in [-0.05, 0) is 74.2 Å². The Hall–Kier alpha value is -3.41. The van der Waals surface area contributed by atoms with Gasteiger partial charge < -0.3 is 15.4 Å². The Morgan fingerprint density at radius 2 is 1.72 bits per heavy atom. The first kappa shape index (κ1) is 20.3. The summed E-state index contributed by atoms with van der Waals surface area (Å²) in [5, 5.41) is 6.11. The van der Waals surface area contributed by atoms with Gasteiger partial charge >= 0.3 is 0 Å². The van der Waals surface area contributed by atoms with Crippen LogP contribution in [0.2, 0.25) is 0 Å². The summed E-state index contributed by atoms with van der Waals surface area (Å²) >= 11 is 0. The molecule has 0 aliphatic rings. The van der Waals surface area contributed by atoms with Crippen molar-refractivity contribution in [2.45, 2.75) is 27.2 Å². The van der Waals surface area contributed by atoms with Gasteiger partial charge in [0.05, 0.1) is 7.11 Å². The average molecular weight is 390 g/mol. The smallest absolute Gasteiger partial charge is 0.274 e. The summed E-state index contributed by atoms with van der Waals surface area (Å²) in [6, 6.07) is 15.5. The normalized spacial score (nSPS) is 10.5. The topological polar surface area (TPSA) is 76.1 Å². The molecule has 0 aliphatic carbocycles. The summed E-state index contributed by atoms with van der Waals surface area (Å²) in [5.74, 6) is 1.03. The Morgan fingerprint density at radius 3 is 2.41 bits per heavy atom. The number of benzene rings is 2. The molecule has 6 nitrogen and oxygen atoms in total. The summed E-state index contributed by atoms with van der Waals surface area (Å²) in [7, 11) is 1.65. The summed E-state index contributed by atoms with van der Waals surface area (Å²) < 4.78 is 5.17. The first-order valence-corrected chi connectivity index (χ1v) is 9.55. The predicted octanol–water partition coefficient (Wildman–Crippen LogP) is 4.32. The van der Waals surface area contributed by atoms with E-state index in [2.05, 4.69) is 20.6 Å². The summed E-state index contributed by atoms with van der Waals surface area (Å²) in [5.41, 5.74) is 5.31. The fourth-order valence-corrected chi connectivity index (χ4v) is 2.89. The molecule has 0 radical (unpaired) electrons. The van der Waals surface area contributed by atoms with Crippen LogP contribution >= 0.6 is 0 Å². The quantitative estimate of drug-likeness (QED) is 0.628. The number of ether oxygens (including phenoxy) is 1. The van der Waals surface area contributed by atoms with Crippen molar-refractivity contribution in [2.75, 3.05) is 24.3 Å². The molecule has 6 heteroatoms. The second kappa shape index (κ2) is 9.19. The van der Waals surface area contributed by atoms with Crippen LogP contribution in [0.3, 0.4) is 0 Å². The van der Waals surface area contributed by atoms with Crippen LogP contribution in [0.1, 0.15) is 32.9 Å². The van der Waals surface area contributed by atoms with Crippen LogP contribution in [0.5, 0.6) is 5.75 Å². The molecular weight excluding hydrogens is 364 g/mol. The van der Waals surface area contributed by atoms with Crippen LogP contribution in [0.25, 0.3) is 0 Å². The highest BCUT2D eigenvalue weighted by molar-refractivity contribution is 6.03. The lowest BCUT2D eigenvalue weighted by Crippen LogP contribution is -2.17. The van der Waals surface area contributed by atoms with Crippen molar-refractivity contribution in [3.8, 4) is 5.75 Å². The molecule has 0 unspecified atom stereocenters. The number of methoxy groups -OCH3 is 1. The monoisotopic (exact) mass is 390 g/mol. The van der Waals surface area contributed by atoms with Gasteiger partial charge in [-0.15, -0.1) is 0 Å². The molecular formula is C23H26N4O2. The minimum atomic E-state index is -0.253. The fourth-order valence-electron chi connectivity index (χ4n) is 2.89. The van der Waals surface area contributed by atoms with Crippen LogP contribution in [0.15, 0.2) is 48.5 Å². The molecule has 2 aromatic carbocycles. The van der Waals surface area contributed by atoms with E-state index in [0.717, 1.165) is 29.1 Å². The van der Waals surface area contributed by atoms with E-state index in [0.29, 0.717) is 18.2 Å². The van der Waals surface area contributed by atoms with Gasteiger partial charge in [0.1, 0.15) is 11.4 Å². The molecule has 0 spiro atoms. The van der Waals surface area contributed by atoms with Crippen molar-refractivity contribution in [1.29, 1.82) is 0 Å². The lowest BCUT2D eigenvalue weighted by molar-refractivity contribution is 0.102. The van der Waals surface area contributed by atoms with E-state index in [-0.39, 0.29) is 5.91 Å². The predicted molar refractivity (Wildman–Crippen MR) is 116 cm³/mol. The number of aryl methyl sites for hydroxylation is 3. The molecule has 1 heterocycles. The SMILES string of the molecule is COc1ccc(CCNc2nc(C)cc(C(=O)Nc3ccc(C)c(C)c3)n2)cc1. The third-order valence-electron chi connectivity index (χ3n) is 4.71. The molecule has 1 aromatic heterocycles. The zero-order valence-corrected chi connectivity index (χ0v) is 17.2. The number of aromatic nitrogens is 2. The van der Waals surface area contributed by atoms with Crippen LogP contribution in [0.4, 0.5) is 11.6 Å². The summed E-state index contributed by atoms with van der Waals surface area (Å²) in [4.78, 5) is 21.4. The molecule has 29 heavy (non-hydrogen) atoms. The molecule has 0 aliphatic heterocycles. The number of anilines is 2. The molecule has 0 fully saturated rings. The summed E-state index contributed by atoms with van der Waals surface area (Å²) in [6.07, 6.45) is 0.811. The third kappa shape index (κ3) is 5.54. The molecule has 0 saturated carbocycles. The average Bonchev–Trinajstić information content (AvgIpc) is 2.71. The van der Waals surface area contributed by atoms with Crippen LogP contribution in [-0.2, 0) is 6.42 Å². The van der Waals surface area contributed by atoms with E-state index in [1.54, 1.807) is 13.2 Å². The standard InChI is InChI=1S/C23H26N4O2/c1-15-5-8-19(13-16(15)2)26-22(28)21-14-17(3)25-23(27-21)24-12-11-18-6-9-20(29-4)10-7-18/h5-10,13-14H,11-12H2,1-4H3,(H,26,28)(H,24,25,27). The van der Waals surface area contributed by atoms with E-state index in [1.165, 1.54) is 11.1 Å². The number of nitrogens with one attached hydrogen (secondary N) is 2. The van der Waals surface area contributed by atoms with Crippen molar-refractivity contribution >= 4 is 17.5 Å². The summed E-state index contributed by atoms with van der Waals surface area (Å²) in [6.45, 7) is 6.57. The van der Waals surface area contributed by atoms with Crippen molar-refractivity contribution < 1.29 is 9.53 Å². The number of nitrogens with zero attached hydrogens (tertiary/aromatic N) is 2. The largest absolute Gasteiger partial charge is 0.497 e. The van der Waals surface area contributed by atoms with Crippen molar-refractivity contribution in [1.82, 2.24) is 9.97 Å². The number of hydrogen-bond acceptors (Lipinski definition) is 5. The highest BCUT2D eigenvalue weighted by atomic mass is 16.5. The Morgan fingerprint density at radius 1 is 0.966 bits per heavy atom. The lowest BCUT2D eigenvalue weighted by atomic mass is 10.1. The molecule has 1 amide bonds. The van der Waals surface area contributed by atoms with E-state index < -0.39 is 0 Å². The van der Waals surface area contributed by atoms with Gasteiger partial charge in [-0.25, -0.2) is 9.97 Å². The number of hydrogen-bond donors (Lipinski definition) is 2. The van der Waals surface area contributed by atoms with Gasteiger partial charge in [0.25, 0.3) is 5.91 Å². The molecule has 150 valence electrons. The van der Waals surface area contributed by atoms with Gasteiger partial charge in [-0.1, -0.05) is 18.2 Å². The van der Waals surface area contributed by atoms with E-state index in [1.807, 2.05) is 63.2 Å². The van der Waals surface area contributed by atoms with Crippen LogP contribution in [-0.4, -0.2) is 29.5 Å². The number of amides is 1. The maximum Gasteiger partial charge on any atom is 0.274 e. The molecule has 3 aromatic rings. The number of carbonyl (C=O) groups excluding carboxylic acids is 1. The number of rotatable bonds is 7. The Kier molecular flexibility index (Phi) is 6.44. The highest BCUT2D eigenvalue weighted by Gasteiger charge is 2.11. The minimum Gasteiger partial charge on any atom is -0.497 e. The fraction of sp³-hybridized carbons (Fsp3) is 0.261. The van der Waals surface area contributed by atoms with Gasteiger partial charge in [0, 0.05) is 17.9 Å². The third-order valence-corrected chi connectivity index (χ3v) is 4.71. The van der Waals surface area contributed by atoms with Gasteiger partial charge in [0.2, 0.25) is 5.95 Å². The van der Waals surface area contributed by atoms with E-state index in [9.17, 15) is 4.79 Å². The Balaban J connectivity index is 1.63. The second-order valence-corrected chi connectivity index (χ2v) is 7.00. The van der Waals surface area contributed by atoms with Crippen LogP contribution in [0, 0.1) is 20.8 Å². The van der Waals surface area contributed by atoms with Gasteiger partial charge in [-0.2, -0.15) is 0 Å². The van der Waals surface area contributed by atoms with E-state index in [4.69, 9.17) is 4.74 Å². The van der Waals surface area contributed by atoms with E-state index >= 15 is 0 Å². The zero-order valence-electron chi connectivity index (χ0n) is 17.2. The molecule has 0 saturated heterocycles. The highest BCUT2D eigenvalue weighted by Crippen LogP contribution is 2.16. The van der Waals surface area contributed by atoms with Crippen LogP contribution < -0.4 is 15.4 Å².